The summed E-state index contributed by atoms with van der Waals surface area (Å²) in [5, 5.41) is 6.00. The van der Waals surface area contributed by atoms with Crippen molar-refractivity contribution in [3.8, 4) is 11.5 Å². The Kier molecular flexibility index (Phi) is 9.38. The zero-order valence-electron chi connectivity index (χ0n) is 22.5. The summed E-state index contributed by atoms with van der Waals surface area (Å²) in [6.45, 7) is 6.80. The molecule has 9 heteroatoms. The van der Waals surface area contributed by atoms with Crippen LogP contribution in [-0.4, -0.2) is 61.2 Å². The van der Waals surface area contributed by atoms with Gasteiger partial charge in [0.2, 0.25) is 0 Å². The molecule has 8 nitrogen and oxygen atoms in total. The van der Waals surface area contributed by atoms with Gasteiger partial charge in [0, 0.05) is 48.7 Å². The van der Waals surface area contributed by atoms with Crippen LogP contribution in [0.2, 0.25) is 0 Å². The summed E-state index contributed by atoms with van der Waals surface area (Å²) in [6, 6.07) is 22.1. The first-order chi connectivity index (χ1) is 18.9. The first-order valence-corrected chi connectivity index (χ1v) is 13.4. The third-order valence-electron chi connectivity index (χ3n) is 6.63. The van der Waals surface area contributed by atoms with Gasteiger partial charge in [-0.25, -0.2) is 0 Å². The van der Waals surface area contributed by atoms with E-state index in [-0.39, 0.29) is 23.0 Å². The summed E-state index contributed by atoms with van der Waals surface area (Å²) in [7, 11) is 1.61. The molecule has 1 aliphatic rings. The Hall–Kier alpha value is -4.11. The molecule has 204 valence electrons. The van der Waals surface area contributed by atoms with Crippen LogP contribution < -0.4 is 25.0 Å². The monoisotopic (exact) mass is 546 g/mol. The number of nitrogens with one attached hydrogen (secondary N) is 2. The lowest BCUT2D eigenvalue weighted by atomic mass is 10.1. The van der Waals surface area contributed by atoms with E-state index in [2.05, 4.69) is 15.5 Å². The summed E-state index contributed by atoms with van der Waals surface area (Å²) in [6.07, 6.45) is 0.948. The maximum Gasteiger partial charge on any atom is 0.257 e. The number of hydrogen-bond acceptors (Lipinski definition) is 6. The third-order valence-corrected chi connectivity index (χ3v) is 6.83. The summed E-state index contributed by atoms with van der Waals surface area (Å²) < 4.78 is 11.0. The van der Waals surface area contributed by atoms with Gasteiger partial charge in [0.15, 0.2) is 5.11 Å². The molecule has 1 saturated heterocycles. The summed E-state index contributed by atoms with van der Waals surface area (Å²) in [5.41, 5.74) is 2.96. The number of hydrogen-bond donors (Lipinski definition) is 2. The molecule has 1 fully saturated rings. The second-order valence-electron chi connectivity index (χ2n) is 9.33. The Bertz CT molecular complexity index is 1290. The summed E-state index contributed by atoms with van der Waals surface area (Å²) in [4.78, 5) is 29.6. The molecule has 1 aliphatic heterocycles. The standard InChI is InChI=1S/C30H34N4O4S/c1-4-21(2)38-27-7-5-6-23(20-27)28(35)32-30(39)31-24-10-12-25(13-11-24)33-16-18-34(19-17-33)29(36)22-8-14-26(37-3)15-9-22/h5-15,20-21H,4,16-19H2,1-3H3,(H2,31,32,35,39)/t21-/m1/s1. The molecule has 0 saturated carbocycles. The Balaban J connectivity index is 1.26. The van der Waals surface area contributed by atoms with Crippen LogP contribution in [0.3, 0.4) is 0 Å². The molecule has 1 atom stereocenters. The number of benzene rings is 3. The van der Waals surface area contributed by atoms with Gasteiger partial charge >= 0.3 is 0 Å². The van der Waals surface area contributed by atoms with E-state index < -0.39 is 0 Å². The summed E-state index contributed by atoms with van der Waals surface area (Å²) >= 11 is 5.35. The minimum absolute atomic E-state index is 0.0298. The number of methoxy groups -OCH3 is 1. The largest absolute Gasteiger partial charge is 0.497 e. The van der Waals surface area contributed by atoms with E-state index in [4.69, 9.17) is 21.7 Å². The maximum absolute atomic E-state index is 12.8. The number of ether oxygens (including phenoxy) is 2. The van der Waals surface area contributed by atoms with Gasteiger partial charge < -0.3 is 24.6 Å². The molecule has 0 aromatic heterocycles. The lowest BCUT2D eigenvalue weighted by molar-refractivity contribution is 0.0746. The lowest BCUT2D eigenvalue weighted by Crippen LogP contribution is -2.48. The first-order valence-electron chi connectivity index (χ1n) is 13.0. The number of thiocarbonyl (C=S) groups is 1. The molecular formula is C30H34N4O4S. The molecule has 4 rings (SSSR count). The van der Waals surface area contributed by atoms with E-state index in [0.29, 0.717) is 30.0 Å². The predicted octanol–water partition coefficient (Wildman–Crippen LogP) is 4.96. The topological polar surface area (TPSA) is 83.1 Å². The average molecular weight is 547 g/mol. The number of rotatable bonds is 8. The van der Waals surface area contributed by atoms with E-state index in [1.54, 1.807) is 49.6 Å². The molecule has 39 heavy (non-hydrogen) atoms. The van der Waals surface area contributed by atoms with Crippen LogP contribution in [0, 0.1) is 0 Å². The van der Waals surface area contributed by atoms with E-state index in [1.165, 1.54) is 0 Å². The Labute approximate surface area is 234 Å². The Morgan fingerprint density at radius 2 is 1.62 bits per heavy atom. The van der Waals surface area contributed by atoms with Crippen molar-refractivity contribution < 1.29 is 19.1 Å². The number of carbonyl (C=O) groups excluding carboxylic acids is 2. The SMILES string of the molecule is CC[C@@H](C)Oc1cccc(C(=O)NC(=S)Nc2ccc(N3CCN(C(=O)c4ccc(OC)cc4)CC3)cc2)c1. The highest BCUT2D eigenvalue weighted by molar-refractivity contribution is 7.80. The molecule has 0 radical (unpaired) electrons. The van der Waals surface area contributed by atoms with Crippen molar-refractivity contribution in [1.82, 2.24) is 10.2 Å². The molecule has 2 N–H and O–H groups in total. The number of piperazine rings is 1. The number of nitrogens with zero attached hydrogens (tertiary/aromatic N) is 2. The van der Waals surface area contributed by atoms with Gasteiger partial charge in [-0.1, -0.05) is 13.0 Å². The summed E-state index contributed by atoms with van der Waals surface area (Å²) in [5.74, 6) is 1.11. The van der Waals surface area contributed by atoms with Gasteiger partial charge in [0.05, 0.1) is 13.2 Å². The fraction of sp³-hybridized carbons (Fsp3) is 0.300. The lowest BCUT2D eigenvalue weighted by Gasteiger charge is -2.36. The van der Waals surface area contributed by atoms with Crippen LogP contribution in [-0.2, 0) is 0 Å². The molecule has 3 aromatic rings. The second kappa shape index (κ2) is 13.1. The highest BCUT2D eigenvalue weighted by Gasteiger charge is 2.22. The van der Waals surface area contributed by atoms with Crippen molar-refractivity contribution >= 4 is 40.5 Å². The molecule has 0 bridgehead atoms. The van der Waals surface area contributed by atoms with Crippen molar-refractivity contribution in [2.75, 3.05) is 43.5 Å². The fourth-order valence-corrected chi connectivity index (χ4v) is 4.41. The smallest absolute Gasteiger partial charge is 0.257 e. The van der Waals surface area contributed by atoms with Crippen LogP contribution in [0.1, 0.15) is 41.0 Å². The van der Waals surface area contributed by atoms with Gasteiger partial charge in [-0.2, -0.15) is 0 Å². The van der Waals surface area contributed by atoms with Crippen LogP contribution in [0.25, 0.3) is 0 Å². The molecular weight excluding hydrogens is 512 g/mol. The fourth-order valence-electron chi connectivity index (χ4n) is 4.20. The molecule has 2 amide bonds. The minimum Gasteiger partial charge on any atom is -0.497 e. The van der Waals surface area contributed by atoms with Gasteiger partial charge in [-0.05, 0) is 92.3 Å². The molecule has 3 aromatic carbocycles. The molecule has 1 heterocycles. The van der Waals surface area contributed by atoms with E-state index in [9.17, 15) is 9.59 Å². The zero-order valence-corrected chi connectivity index (χ0v) is 23.3. The van der Waals surface area contributed by atoms with E-state index in [1.807, 2.05) is 49.1 Å². The van der Waals surface area contributed by atoms with E-state index >= 15 is 0 Å². The van der Waals surface area contributed by atoms with Crippen molar-refractivity contribution in [3.05, 3.63) is 83.9 Å². The van der Waals surface area contributed by atoms with Gasteiger partial charge in [-0.3, -0.25) is 14.9 Å². The van der Waals surface area contributed by atoms with Crippen molar-refractivity contribution in [2.24, 2.45) is 0 Å². The predicted molar refractivity (Wildman–Crippen MR) is 158 cm³/mol. The molecule has 0 spiro atoms. The number of carbonyl (C=O) groups is 2. The van der Waals surface area contributed by atoms with Crippen LogP contribution in [0.15, 0.2) is 72.8 Å². The highest BCUT2D eigenvalue weighted by Crippen LogP contribution is 2.21. The van der Waals surface area contributed by atoms with Gasteiger partial charge in [0.1, 0.15) is 11.5 Å². The first kappa shape index (κ1) is 27.9. The zero-order chi connectivity index (χ0) is 27.8. The molecule has 0 unspecified atom stereocenters. The van der Waals surface area contributed by atoms with Gasteiger partial charge in [0.25, 0.3) is 11.8 Å². The second-order valence-corrected chi connectivity index (χ2v) is 9.74. The van der Waals surface area contributed by atoms with Crippen LogP contribution >= 0.6 is 12.2 Å². The van der Waals surface area contributed by atoms with Crippen molar-refractivity contribution in [1.29, 1.82) is 0 Å². The number of anilines is 2. The highest BCUT2D eigenvalue weighted by atomic mass is 32.1. The van der Waals surface area contributed by atoms with E-state index in [0.717, 1.165) is 36.6 Å². The molecule has 0 aliphatic carbocycles. The Morgan fingerprint density at radius 3 is 2.26 bits per heavy atom. The van der Waals surface area contributed by atoms with Crippen LogP contribution in [0.5, 0.6) is 11.5 Å². The minimum atomic E-state index is -0.305. The number of amides is 2. The quantitative estimate of drug-likeness (QED) is 0.387. The Morgan fingerprint density at radius 1 is 0.923 bits per heavy atom. The van der Waals surface area contributed by atoms with Gasteiger partial charge in [-0.15, -0.1) is 0 Å². The van der Waals surface area contributed by atoms with Crippen molar-refractivity contribution in [2.45, 2.75) is 26.4 Å². The maximum atomic E-state index is 12.8. The van der Waals surface area contributed by atoms with Crippen molar-refractivity contribution in [3.63, 3.8) is 0 Å². The van der Waals surface area contributed by atoms with Crippen LogP contribution in [0.4, 0.5) is 11.4 Å². The average Bonchev–Trinajstić information content (AvgIpc) is 2.97. The third kappa shape index (κ3) is 7.48. The normalized spacial score (nSPS) is 13.8.